The summed E-state index contributed by atoms with van der Waals surface area (Å²) in [5.41, 5.74) is -0.603. The number of hydrogen-bond acceptors (Lipinski definition) is 3. The largest absolute Gasteiger partial charge is 0.389 e. The summed E-state index contributed by atoms with van der Waals surface area (Å²) in [6.07, 6.45) is 6.33. The molecule has 4 nitrogen and oxygen atoms in total. The quantitative estimate of drug-likeness (QED) is 0.635. The van der Waals surface area contributed by atoms with E-state index in [0.29, 0.717) is 13.1 Å². The van der Waals surface area contributed by atoms with Crippen LogP contribution in [-0.2, 0) is 4.79 Å². The van der Waals surface area contributed by atoms with Crippen LogP contribution in [0.4, 0.5) is 0 Å². The lowest BCUT2D eigenvalue weighted by molar-refractivity contribution is -0.120. The predicted octanol–water partition coefficient (Wildman–Crippen LogP) is 1.19. The number of rotatable bonds is 5. The van der Waals surface area contributed by atoms with Crippen molar-refractivity contribution in [3.63, 3.8) is 0 Å². The minimum Gasteiger partial charge on any atom is -0.389 e. The third kappa shape index (κ3) is 6.03. The molecule has 1 saturated carbocycles. The molecule has 17 heavy (non-hydrogen) atoms. The van der Waals surface area contributed by atoms with Crippen LogP contribution < -0.4 is 10.6 Å². The van der Waals surface area contributed by atoms with Gasteiger partial charge in [0.05, 0.1) is 12.1 Å². The van der Waals surface area contributed by atoms with Gasteiger partial charge in [-0.3, -0.25) is 4.79 Å². The first kappa shape index (κ1) is 14.5. The highest BCUT2D eigenvalue weighted by atomic mass is 16.3. The van der Waals surface area contributed by atoms with Crippen molar-refractivity contribution in [2.45, 2.75) is 64.0 Å². The molecule has 1 amide bonds. The van der Waals surface area contributed by atoms with E-state index in [0.717, 1.165) is 25.7 Å². The molecular weight excluding hydrogens is 216 g/mol. The van der Waals surface area contributed by atoms with Crippen LogP contribution in [0.1, 0.15) is 52.4 Å². The maximum Gasteiger partial charge on any atom is 0.234 e. The van der Waals surface area contributed by atoms with E-state index < -0.39 is 5.60 Å². The lowest BCUT2D eigenvalue weighted by Crippen LogP contribution is -2.45. The van der Waals surface area contributed by atoms with Gasteiger partial charge in [0.2, 0.25) is 5.91 Å². The molecule has 0 atom stereocenters. The van der Waals surface area contributed by atoms with Gasteiger partial charge in [0.1, 0.15) is 0 Å². The molecule has 4 heteroatoms. The van der Waals surface area contributed by atoms with E-state index in [1.807, 2.05) is 13.8 Å². The van der Waals surface area contributed by atoms with Crippen molar-refractivity contribution in [2.24, 2.45) is 0 Å². The molecule has 0 aromatic rings. The first-order valence-electron chi connectivity index (χ1n) is 6.74. The van der Waals surface area contributed by atoms with E-state index in [1.165, 1.54) is 12.8 Å². The molecule has 0 radical (unpaired) electrons. The Hall–Kier alpha value is -0.610. The van der Waals surface area contributed by atoms with E-state index in [-0.39, 0.29) is 11.9 Å². The van der Waals surface area contributed by atoms with E-state index in [1.54, 1.807) is 0 Å². The van der Waals surface area contributed by atoms with E-state index >= 15 is 0 Å². The van der Waals surface area contributed by atoms with Gasteiger partial charge in [-0.2, -0.15) is 0 Å². The molecular formula is C13H26N2O2. The zero-order chi connectivity index (χ0) is 12.7. The van der Waals surface area contributed by atoms with Crippen LogP contribution in [0.25, 0.3) is 0 Å². The maximum absolute atomic E-state index is 11.4. The molecule has 0 unspecified atom stereocenters. The van der Waals surface area contributed by atoms with Gasteiger partial charge in [0, 0.05) is 12.6 Å². The van der Waals surface area contributed by atoms with Crippen LogP contribution in [-0.4, -0.2) is 35.7 Å². The van der Waals surface area contributed by atoms with Crippen LogP contribution in [0.15, 0.2) is 0 Å². The van der Waals surface area contributed by atoms with Gasteiger partial charge in [-0.15, -0.1) is 0 Å². The van der Waals surface area contributed by atoms with Crippen molar-refractivity contribution in [3.05, 3.63) is 0 Å². The van der Waals surface area contributed by atoms with Crippen LogP contribution in [0.5, 0.6) is 0 Å². The van der Waals surface area contributed by atoms with E-state index in [4.69, 9.17) is 0 Å². The minimum atomic E-state index is -0.603. The molecule has 3 N–H and O–H groups in total. The number of carbonyl (C=O) groups is 1. The van der Waals surface area contributed by atoms with Gasteiger partial charge >= 0.3 is 0 Å². The highest BCUT2D eigenvalue weighted by Crippen LogP contribution is 2.26. The Labute approximate surface area is 104 Å². The van der Waals surface area contributed by atoms with Crippen molar-refractivity contribution in [1.82, 2.24) is 10.6 Å². The summed E-state index contributed by atoms with van der Waals surface area (Å²) in [6, 6.07) is 0.172. The van der Waals surface area contributed by atoms with Gasteiger partial charge in [-0.1, -0.05) is 25.7 Å². The normalized spacial score (nSPS) is 20.0. The fraction of sp³-hybridized carbons (Fsp3) is 0.923. The van der Waals surface area contributed by atoms with Crippen molar-refractivity contribution in [1.29, 1.82) is 0 Å². The minimum absolute atomic E-state index is 0.00257. The third-order valence-corrected chi connectivity index (χ3v) is 3.22. The molecule has 1 rings (SSSR count). The summed E-state index contributed by atoms with van der Waals surface area (Å²) in [5, 5.41) is 16.2. The average molecular weight is 242 g/mol. The van der Waals surface area contributed by atoms with Crippen molar-refractivity contribution in [2.75, 3.05) is 13.1 Å². The average Bonchev–Trinajstić information content (AvgIpc) is 2.42. The molecule has 0 aromatic heterocycles. The molecule has 0 heterocycles. The summed E-state index contributed by atoms with van der Waals surface area (Å²) < 4.78 is 0. The van der Waals surface area contributed by atoms with Crippen LogP contribution >= 0.6 is 0 Å². The molecule has 0 aromatic carbocycles. The Balaban J connectivity index is 2.22. The zero-order valence-electron chi connectivity index (χ0n) is 11.1. The molecule has 1 aliphatic carbocycles. The Morgan fingerprint density at radius 1 is 1.24 bits per heavy atom. The summed E-state index contributed by atoms with van der Waals surface area (Å²) in [5.74, 6) is -0.00257. The van der Waals surface area contributed by atoms with E-state index in [2.05, 4.69) is 10.6 Å². The molecule has 1 fully saturated rings. The second kappa shape index (κ2) is 6.97. The van der Waals surface area contributed by atoms with Crippen LogP contribution in [0.2, 0.25) is 0 Å². The number of aliphatic hydroxyl groups is 1. The first-order valence-corrected chi connectivity index (χ1v) is 6.74. The van der Waals surface area contributed by atoms with Crippen molar-refractivity contribution in [3.8, 4) is 0 Å². The van der Waals surface area contributed by atoms with Crippen molar-refractivity contribution < 1.29 is 9.90 Å². The van der Waals surface area contributed by atoms with Crippen LogP contribution in [0, 0.1) is 0 Å². The Morgan fingerprint density at radius 3 is 2.35 bits per heavy atom. The fourth-order valence-electron chi connectivity index (χ4n) is 2.35. The summed E-state index contributed by atoms with van der Waals surface area (Å²) in [6.45, 7) is 4.70. The topological polar surface area (TPSA) is 61.4 Å². The van der Waals surface area contributed by atoms with Gasteiger partial charge in [0.25, 0.3) is 0 Å². The first-order chi connectivity index (χ1) is 8.02. The Kier molecular flexibility index (Phi) is 5.92. The number of carbonyl (C=O) groups excluding carboxylic acids is 1. The Bertz CT molecular complexity index is 234. The number of hydrogen-bond donors (Lipinski definition) is 3. The molecule has 0 saturated heterocycles. The molecule has 0 bridgehead atoms. The highest BCUT2D eigenvalue weighted by Gasteiger charge is 2.27. The SMILES string of the molecule is CC(C)NC(=O)CNCC1(O)CCCCCC1. The second-order valence-electron chi connectivity index (χ2n) is 5.46. The third-order valence-electron chi connectivity index (χ3n) is 3.22. The summed E-state index contributed by atoms with van der Waals surface area (Å²) in [7, 11) is 0. The van der Waals surface area contributed by atoms with E-state index in [9.17, 15) is 9.90 Å². The molecule has 0 aliphatic heterocycles. The summed E-state index contributed by atoms with van der Waals surface area (Å²) >= 11 is 0. The highest BCUT2D eigenvalue weighted by molar-refractivity contribution is 5.78. The standard InChI is InChI=1S/C13H26N2O2/c1-11(2)15-12(16)9-14-10-13(17)7-5-3-4-6-8-13/h11,14,17H,3-10H2,1-2H3,(H,15,16). The Morgan fingerprint density at radius 2 is 1.82 bits per heavy atom. The molecule has 100 valence electrons. The van der Waals surface area contributed by atoms with Gasteiger partial charge in [-0.25, -0.2) is 0 Å². The van der Waals surface area contributed by atoms with Gasteiger partial charge in [0.15, 0.2) is 0 Å². The van der Waals surface area contributed by atoms with Gasteiger partial charge < -0.3 is 15.7 Å². The second-order valence-corrected chi connectivity index (χ2v) is 5.46. The maximum atomic E-state index is 11.4. The number of amides is 1. The van der Waals surface area contributed by atoms with Gasteiger partial charge in [-0.05, 0) is 26.7 Å². The summed E-state index contributed by atoms with van der Waals surface area (Å²) in [4.78, 5) is 11.4. The smallest absolute Gasteiger partial charge is 0.234 e. The predicted molar refractivity (Wildman–Crippen MR) is 68.8 cm³/mol. The fourth-order valence-corrected chi connectivity index (χ4v) is 2.35. The zero-order valence-corrected chi connectivity index (χ0v) is 11.1. The van der Waals surface area contributed by atoms with Crippen molar-refractivity contribution >= 4 is 5.91 Å². The lowest BCUT2D eigenvalue weighted by atomic mass is 9.94. The lowest BCUT2D eigenvalue weighted by Gasteiger charge is -2.26. The van der Waals surface area contributed by atoms with Crippen LogP contribution in [0.3, 0.4) is 0 Å². The molecule has 1 aliphatic rings. The molecule has 0 spiro atoms. The number of nitrogens with one attached hydrogen (secondary N) is 2. The monoisotopic (exact) mass is 242 g/mol.